The van der Waals surface area contributed by atoms with Gasteiger partial charge in [-0.1, -0.05) is 20.8 Å². The van der Waals surface area contributed by atoms with Gasteiger partial charge < -0.3 is 19.7 Å². The molecule has 1 saturated carbocycles. The first-order valence-corrected chi connectivity index (χ1v) is 12.8. The lowest BCUT2D eigenvalue weighted by Crippen LogP contribution is -2.42. The topological polar surface area (TPSA) is 89.5 Å². The van der Waals surface area contributed by atoms with E-state index in [4.69, 9.17) is 14.5 Å². The van der Waals surface area contributed by atoms with Crippen LogP contribution in [-0.4, -0.2) is 53.2 Å². The van der Waals surface area contributed by atoms with Crippen molar-refractivity contribution in [2.45, 2.75) is 77.1 Å². The normalized spacial score (nSPS) is 19.2. The van der Waals surface area contributed by atoms with Gasteiger partial charge in [-0.2, -0.15) is 22.5 Å². The number of alkyl halides is 3. The molecule has 1 atom stereocenters. The molecule has 0 aliphatic heterocycles. The number of methoxy groups -OCH3 is 2. The van der Waals surface area contributed by atoms with Crippen LogP contribution in [0.4, 0.5) is 29.8 Å². The molecule has 0 saturated heterocycles. The number of halogens is 3. The predicted octanol–water partition coefficient (Wildman–Crippen LogP) is 5.78. The van der Waals surface area contributed by atoms with Crippen molar-refractivity contribution >= 4 is 34.1 Å². The molecule has 1 N–H and O–H groups in total. The van der Waals surface area contributed by atoms with Gasteiger partial charge in [-0.25, -0.2) is 4.98 Å². The molecule has 0 amide bonds. The predicted molar refractivity (Wildman–Crippen MR) is 133 cm³/mol. The third kappa shape index (κ3) is 7.28. The van der Waals surface area contributed by atoms with E-state index < -0.39 is 12.0 Å². The van der Waals surface area contributed by atoms with E-state index in [1.165, 1.54) is 7.11 Å². The number of nitrogens with one attached hydrogen (secondary N) is 1. The molecule has 1 fully saturated rings. The smallest absolute Gasteiger partial charge is 0.452 e. The van der Waals surface area contributed by atoms with Crippen molar-refractivity contribution in [3.63, 3.8) is 0 Å². The molecule has 0 radical (unpaired) electrons. The van der Waals surface area contributed by atoms with Gasteiger partial charge in [0.2, 0.25) is 11.0 Å². The maximum atomic E-state index is 13.1. The van der Waals surface area contributed by atoms with Crippen LogP contribution in [-0.2, 0) is 20.4 Å². The van der Waals surface area contributed by atoms with Crippen LogP contribution in [0, 0.1) is 5.92 Å². The molecule has 2 aromatic rings. The van der Waals surface area contributed by atoms with Gasteiger partial charge in [-0.3, -0.25) is 4.79 Å². The molecule has 0 unspecified atom stereocenters. The quantitative estimate of drug-likeness (QED) is 0.388. The Balaban J connectivity index is 1.99. The summed E-state index contributed by atoms with van der Waals surface area (Å²) in [5.41, 5.74) is 1.29. The fraction of sp³-hybridized carbons (Fsp3) is 0.667. The first-order valence-electron chi connectivity index (χ1n) is 12.1. The maximum Gasteiger partial charge on any atom is 0.452 e. The van der Waals surface area contributed by atoms with Gasteiger partial charge in [0.05, 0.1) is 25.3 Å². The van der Waals surface area contributed by atoms with Gasteiger partial charge in [-0.15, -0.1) is 0 Å². The van der Waals surface area contributed by atoms with Crippen molar-refractivity contribution in [3.05, 3.63) is 23.7 Å². The summed E-state index contributed by atoms with van der Waals surface area (Å²) in [5, 5.41) is 3.06. The van der Waals surface area contributed by atoms with Crippen molar-refractivity contribution in [2.75, 3.05) is 31.0 Å². The van der Waals surface area contributed by atoms with Crippen LogP contribution >= 0.6 is 11.5 Å². The Hall–Kier alpha value is -2.47. The number of pyridine rings is 1. The maximum absolute atomic E-state index is 13.1. The lowest BCUT2D eigenvalue weighted by atomic mass is 9.91. The van der Waals surface area contributed by atoms with Gasteiger partial charge in [0.1, 0.15) is 0 Å². The molecule has 0 spiro atoms. The SMILES string of the molecule is COC(=O)C[C@@H](C)c1cnc(N(CC(C)C)C2CCC(OC)CC2)c(Nc2nc(C(F)(F)F)ns2)c1. The largest absolute Gasteiger partial charge is 0.469 e. The number of nitrogens with zero attached hydrogens (tertiary/aromatic N) is 4. The average Bonchev–Trinajstić information content (AvgIpc) is 3.32. The summed E-state index contributed by atoms with van der Waals surface area (Å²) in [6.45, 7) is 6.84. The summed E-state index contributed by atoms with van der Waals surface area (Å²) in [4.78, 5) is 22.5. The highest BCUT2D eigenvalue weighted by molar-refractivity contribution is 7.09. The Labute approximate surface area is 213 Å². The zero-order valence-corrected chi connectivity index (χ0v) is 22.1. The molecule has 3 rings (SSSR count). The van der Waals surface area contributed by atoms with E-state index in [-0.39, 0.29) is 35.6 Å². The number of anilines is 3. The standard InChI is InChI=1S/C24H34F3N5O3S/c1-14(2)13-32(17-6-8-18(34-4)9-7-17)21-19(29-23-30-22(31-36-23)24(25,26)27)11-16(12-28-21)15(3)10-20(33)35-5/h11-12,14-15,17-18H,6-10,13H2,1-5H3,(H,29,30,31)/t15-,17?,18?/m1/s1. The highest BCUT2D eigenvalue weighted by Gasteiger charge is 2.36. The first-order chi connectivity index (χ1) is 17.0. The number of rotatable bonds is 10. The fourth-order valence-corrected chi connectivity index (χ4v) is 5.01. The number of esters is 1. The summed E-state index contributed by atoms with van der Waals surface area (Å²) in [6, 6.07) is 2.05. The van der Waals surface area contributed by atoms with Crippen LogP contribution in [0.2, 0.25) is 0 Å². The highest BCUT2D eigenvalue weighted by Crippen LogP contribution is 2.37. The van der Waals surface area contributed by atoms with Crippen LogP contribution in [0.3, 0.4) is 0 Å². The van der Waals surface area contributed by atoms with E-state index in [1.54, 1.807) is 13.3 Å². The van der Waals surface area contributed by atoms with E-state index in [0.717, 1.165) is 37.8 Å². The molecule has 1 aliphatic carbocycles. The second-order valence-corrected chi connectivity index (χ2v) is 10.3. The Bertz CT molecular complexity index is 1010. The van der Waals surface area contributed by atoms with Gasteiger partial charge in [0.25, 0.3) is 0 Å². The molecule has 200 valence electrons. The van der Waals surface area contributed by atoms with Crippen molar-refractivity contribution in [2.24, 2.45) is 5.92 Å². The van der Waals surface area contributed by atoms with E-state index in [9.17, 15) is 18.0 Å². The number of carbonyl (C=O) groups is 1. The Kier molecular flexibility index (Phi) is 9.51. The van der Waals surface area contributed by atoms with Crippen LogP contribution in [0.25, 0.3) is 0 Å². The molecule has 8 nitrogen and oxygen atoms in total. The molecular formula is C24H34F3N5O3S. The number of hydrogen-bond donors (Lipinski definition) is 1. The van der Waals surface area contributed by atoms with E-state index in [2.05, 4.69) is 33.4 Å². The summed E-state index contributed by atoms with van der Waals surface area (Å²) in [5.74, 6) is -0.762. The van der Waals surface area contributed by atoms with Gasteiger partial charge in [0.15, 0.2) is 5.82 Å². The van der Waals surface area contributed by atoms with Gasteiger partial charge >= 0.3 is 12.1 Å². The van der Waals surface area contributed by atoms with E-state index in [1.807, 2.05) is 13.0 Å². The van der Waals surface area contributed by atoms with E-state index in [0.29, 0.717) is 29.0 Å². The Morgan fingerprint density at radius 1 is 1.22 bits per heavy atom. The number of aromatic nitrogens is 3. The number of carbonyl (C=O) groups excluding carboxylic acids is 1. The van der Waals surface area contributed by atoms with Gasteiger partial charge in [-0.05, 0) is 49.1 Å². The average molecular weight is 530 g/mol. The zero-order valence-electron chi connectivity index (χ0n) is 21.3. The minimum absolute atomic E-state index is 0.0238. The molecule has 12 heteroatoms. The Morgan fingerprint density at radius 3 is 2.47 bits per heavy atom. The molecule has 36 heavy (non-hydrogen) atoms. The fourth-order valence-electron chi connectivity index (χ4n) is 4.41. The molecule has 0 bridgehead atoms. The summed E-state index contributed by atoms with van der Waals surface area (Å²) < 4.78 is 53.1. The van der Waals surface area contributed by atoms with Crippen molar-refractivity contribution in [1.29, 1.82) is 0 Å². The van der Waals surface area contributed by atoms with Gasteiger partial charge in [0, 0.05) is 37.4 Å². The van der Waals surface area contributed by atoms with Crippen molar-refractivity contribution < 1.29 is 27.4 Å². The Morgan fingerprint density at radius 2 is 1.92 bits per heavy atom. The molecular weight excluding hydrogens is 495 g/mol. The lowest BCUT2D eigenvalue weighted by molar-refractivity contribution is -0.144. The minimum Gasteiger partial charge on any atom is -0.469 e. The number of ether oxygens (including phenoxy) is 2. The second-order valence-electron chi connectivity index (χ2n) is 9.58. The number of hydrogen-bond acceptors (Lipinski definition) is 9. The van der Waals surface area contributed by atoms with Crippen molar-refractivity contribution in [1.82, 2.24) is 14.3 Å². The van der Waals surface area contributed by atoms with Crippen LogP contribution in [0.5, 0.6) is 0 Å². The molecule has 0 aromatic carbocycles. The van der Waals surface area contributed by atoms with E-state index >= 15 is 0 Å². The zero-order chi connectivity index (χ0) is 26.5. The first kappa shape index (κ1) is 28.1. The minimum atomic E-state index is -4.63. The van der Waals surface area contributed by atoms with Crippen LogP contribution < -0.4 is 10.2 Å². The molecule has 2 aromatic heterocycles. The third-order valence-corrected chi connectivity index (χ3v) is 6.96. The summed E-state index contributed by atoms with van der Waals surface area (Å²) >= 11 is 0.644. The van der Waals surface area contributed by atoms with Crippen LogP contribution in [0.15, 0.2) is 12.3 Å². The molecule has 2 heterocycles. The van der Waals surface area contributed by atoms with Crippen molar-refractivity contribution in [3.8, 4) is 0 Å². The monoisotopic (exact) mass is 529 g/mol. The molecule has 1 aliphatic rings. The lowest BCUT2D eigenvalue weighted by Gasteiger charge is -2.39. The second kappa shape index (κ2) is 12.2. The summed E-state index contributed by atoms with van der Waals surface area (Å²) in [7, 11) is 3.06. The summed E-state index contributed by atoms with van der Waals surface area (Å²) in [6.07, 6.45) is 1.19. The highest BCUT2D eigenvalue weighted by atomic mass is 32.1. The third-order valence-electron chi connectivity index (χ3n) is 6.33. The van der Waals surface area contributed by atoms with Crippen LogP contribution in [0.1, 0.15) is 70.2 Å².